The monoisotopic (exact) mass is 255 g/mol. The van der Waals surface area contributed by atoms with E-state index < -0.39 is 0 Å². The van der Waals surface area contributed by atoms with E-state index in [1.165, 1.54) is 19.3 Å². The van der Waals surface area contributed by atoms with Crippen molar-refractivity contribution in [1.29, 1.82) is 0 Å². The van der Waals surface area contributed by atoms with Gasteiger partial charge in [0.1, 0.15) is 0 Å². The van der Waals surface area contributed by atoms with E-state index in [-0.39, 0.29) is 17.5 Å². The van der Waals surface area contributed by atoms with Crippen LogP contribution in [0.2, 0.25) is 0 Å². The van der Waals surface area contributed by atoms with E-state index in [0.717, 1.165) is 19.4 Å². The second kappa shape index (κ2) is 7.10. The fourth-order valence-corrected chi connectivity index (χ4v) is 2.97. The molecule has 4 nitrogen and oxygen atoms in total. The maximum atomic E-state index is 12.1. The molecule has 0 bridgehead atoms. The van der Waals surface area contributed by atoms with Crippen LogP contribution in [0.1, 0.15) is 45.4 Å². The summed E-state index contributed by atoms with van der Waals surface area (Å²) in [5.41, 5.74) is 0.0418. The first-order valence-electron chi connectivity index (χ1n) is 7.10. The highest BCUT2D eigenvalue weighted by molar-refractivity contribution is 5.77. The molecule has 1 saturated carbocycles. The van der Waals surface area contributed by atoms with Gasteiger partial charge in [-0.1, -0.05) is 19.3 Å². The molecule has 0 spiro atoms. The molecule has 1 aliphatic carbocycles. The predicted molar refractivity (Wildman–Crippen MR) is 75.7 cm³/mol. The van der Waals surface area contributed by atoms with Gasteiger partial charge in [0.05, 0.1) is 0 Å². The predicted octanol–water partition coefficient (Wildman–Crippen LogP) is 1.37. The first-order valence-corrected chi connectivity index (χ1v) is 7.10. The molecule has 1 unspecified atom stereocenters. The Morgan fingerprint density at radius 2 is 1.89 bits per heavy atom. The van der Waals surface area contributed by atoms with Crippen LogP contribution in [-0.4, -0.2) is 50.1 Å². The van der Waals surface area contributed by atoms with Crippen molar-refractivity contribution in [3.63, 3.8) is 0 Å². The normalized spacial score (nSPS) is 20.7. The zero-order valence-electron chi connectivity index (χ0n) is 12.4. The Morgan fingerprint density at radius 1 is 1.28 bits per heavy atom. The van der Waals surface area contributed by atoms with Crippen molar-refractivity contribution in [1.82, 2.24) is 15.5 Å². The lowest BCUT2D eigenvalue weighted by molar-refractivity contribution is -0.123. The zero-order valence-corrected chi connectivity index (χ0v) is 12.4. The number of nitrogens with one attached hydrogen (secondary N) is 2. The first-order chi connectivity index (χ1) is 8.47. The summed E-state index contributed by atoms with van der Waals surface area (Å²) in [6.07, 6.45) is 6.64. The number of hydrogen-bond donors (Lipinski definition) is 2. The van der Waals surface area contributed by atoms with Crippen LogP contribution in [0.15, 0.2) is 0 Å². The summed E-state index contributed by atoms with van der Waals surface area (Å²) in [5, 5.41) is 6.49. The molecule has 1 fully saturated rings. The molecular formula is C14H29N3O. The molecule has 2 N–H and O–H groups in total. The molecule has 1 amide bonds. The molecule has 1 atom stereocenters. The standard InChI is InChI=1S/C14H29N3O/c1-12(11-17(3)4)16-13(18)10-14(15-2)8-6-5-7-9-14/h12,15H,5-11H2,1-4H3,(H,16,18). The van der Waals surface area contributed by atoms with E-state index in [9.17, 15) is 4.79 Å². The van der Waals surface area contributed by atoms with E-state index in [4.69, 9.17) is 0 Å². The van der Waals surface area contributed by atoms with Gasteiger partial charge < -0.3 is 15.5 Å². The topological polar surface area (TPSA) is 44.4 Å². The van der Waals surface area contributed by atoms with E-state index in [2.05, 4.69) is 22.5 Å². The number of carbonyl (C=O) groups excluding carboxylic acids is 1. The van der Waals surface area contributed by atoms with Crippen molar-refractivity contribution in [3.8, 4) is 0 Å². The fraction of sp³-hybridized carbons (Fsp3) is 0.929. The highest BCUT2D eigenvalue weighted by atomic mass is 16.1. The van der Waals surface area contributed by atoms with Crippen LogP contribution < -0.4 is 10.6 Å². The Balaban J connectivity index is 2.42. The maximum absolute atomic E-state index is 12.1. The number of nitrogens with zero attached hydrogens (tertiary/aromatic N) is 1. The molecule has 0 aromatic rings. The Morgan fingerprint density at radius 3 is 2.39 bits per heavy atom. The van der Waals surface area contributed by atoms with Crippen molar-refractivity contribution in [2.45, 2.75) is 57.0 Å². The number of amides is 1. The molecule has 0 heterocycles. The first kappa shape index (κ1) is 15.4. The van der Waals surface area contributed by atoms with Crippen LogP contribution >= 0.6 is 0 Å². The lowest BCUT2D eigenvalue weighted by Crippen LogP contribution is -2.50. The van der Waals surface area contributed by atoms with Gasteiger partial charge in [0, 0.05) is 24.5 Å². The highest BCUT2D eigenvalue weighted by Crippen LogP contribution is 2.30. The summed E-state index contributed by atoms with van der Waals surface area (Å²) in [7, 11) is 6.04. The molecule has 0 aliphatic heterocycles. The average molecular weight is 255 g/mol. The molecule has 0 radical (unpaired) electrons. The SMILES string of the molecule is CNC1(CC(=O)NC(C)CN(C)C)CCCCC1. The third-order valence-corrected chi connectivity index (χ3v) is 3.89. The van der Waals surface area contributed by atoms with Crippen molar-refractivity contribution in [2.24, 2.45) is 0 Å². The molecule has 0 saturated heterocycles. The smallest absolute Gasteiger partial charge is 0.222 e. The lowest BCUT2D eigenvalue weighted by Gasteiger charge is -2.37. The average Bonchev–Trinajstić information content (AvgIpc) is 2.28. The molecule has 1 aliphatic rings. The Bertz CT molecular complexity index is 260. The second-order valence-electron chi connectivity index (χ2n) is 6.00. The van der Waals surface area contributed by atoms with Gasteiger partial charge in [-0.2, -0.15) is 0 Å². The van der Waals surface area contributed by atoms with Gasteiger partial charge in [-0.3, -0.25) is 4.79 Å². The minimum Gasteiger partial charge on any atom is -0.352 e. The molecule has 0 aromatic heterocycles. The number of hydrogen-bond acceptors (Lipinski definition) is 3. The van der Waals surface area contributed by atoms with Crippen LogP contribution in [0.25, 0.3) is 0 Å². The number of likely N-dealkylation sites (N-methyl/N-ethyl adjacent to an activating group) is 1. The number of carbonyl (C=O) groups is 1. The van der Waals surface area contributed by atoms with Crippen LogP contribution in [0.5, 0.6) is 0 Å². The highest BCUT2D eigenvalue weighted by Gasteiger charge is 2.32. The third kappa shape index (κ3) is 4.94. The number of rotatable bonds is 6. The van der Waals surface area contributed by atoms with Crippen LogP contribution in [-0.2, 0) is 4.79 Å². The van der Waals surface area contributed by atoms with Gasteiger partial charge in [0.15, 0.2) is 0 Å². The van der Waals surface area contributed by atoms with E-state index >= 15 is 0 Å². The molecular weight excluding hydrogens is 226 g/mol. The van der Waals surface area contributed by atoms with Crippen LogP contribution in [0.4, 0.5) is 0 Å². The second-order valence-corrected chi connectivity index (χ2v) is 6.00. The Labute approximate surface area is 111 Å². The van der Waals surface area contributed by atoms with Crippen LogP contribution in [0.3, 0.4) is 0 Å². The van der Waals surface area contributed by atoms with E-state index in [1.807, 2.05) is 21.1 Å². The zero-order chi connectivity index (χ0) is 13.6. The van der Waals surface area contributed by atoms with Gasteiger partial charge >= 0.3 is 0 Å². The van der Waals surface area contributed by atoms with Gasteiger partial charge in [0.2, 0.25) is 5.91 Å². The fourth-order valence-electron chi connectivity index (χ4n) is 2.97. The van der Waals surface area contributed by atoms with Crippen molar-refractivity contribution >= 4 is 5.91 Å². The minimum absolute atomic E-state index is 0.0418. The van der Waals surface area contributed by atoms with Crippen molar-refractivity contribution in [3.05, 3.63) is 0 Å². The summed E-state index contributed by atoms with van der Waals surface area (Å²) >= 11 is 0. The van der Waals surface area contributed by atoms with E-state index in [1.54, 1.807) is 0 Å². The van der Waals surface area contributed by atoms with Crippen molar-refractivity contribution in [2.75, 3.05) is 27.7 Å². The quantitative estimate of drug-likeness (QED) is 0.753. The largest absolute Gasteiger partial charge is 0.352 e. The van der Waals surface area contributed by atoms with Crippen LogP contribution in [0, 0.1) is 0 Å². The van der Waals surface area contributed by atoms with Gasteiger partial charge in [-0.05, 0) is 40.9 Å². The summed E-state index contributed by atoms with van der Waals surface area (Å²) in [6.45, 7) is 2.95. The summed E-state index contributed by atoms with van der Waals surface area (Å²) in [6, 6.07) is 0.213. The Hall–Kier alpha value is -0.610. The molecule has 4 heteroatoms. The molecule has 18 heavy (non-hydrogen) atoms. The maximum Gasteiger partial charge on any atom is 0.222 e. The lowest BCUT2D eigenvalue weighted by atomic mass is 9.79. The summed E-state index contributed by atoms with van der Waals surface area (Å²) in [5.74, 6) is 0.181. The minimum atomic E-state index is 0.0418. The summed E-state index contributed by atoms with van der Waals surface area (Å²) < 4.78 is 0. The molecule has 0 aromatic carbocycles. The molecule has 106 valence electrons. The summed E-state index contributed by atoms with van der Waals surface area (Å²) in [4.78, 5) is 14.2. The van der Waals surface area contributed by atoms with E-state index in [0.29, 0.717) is 6.42 Å². The van der Waals surface area contributed by atoms with Gasteiger partial charge in [0.25, 0.3) is 0 Å². The van der Waals surface area contributed by atoms with Gasteiger partial charge in [-0.15, -0.1) is 0 Å². The molecule has 1 rings (SSSR count). The van der Waals surface area contributed by atoms with Gasteiger partial charge in [-0.25, -0.2) is 0 Å². The third-order valence-electron chi connectivity index (χ3n) is 3.89. The Kier molecular flexibility index (Phi) is 6.09. The van der Waals surface area contributed by atoms with Crippen molar-refractivity contribution < 1.29 is 4.79 Å².